The third-order valence-corrected chi connectivity index (χ3v) is 3.13. The topological polar surface area (TPSA) is 15.6 Å². The molecule has 0 spiro atoms. The minimum Gasteiger partial charge on any atom is -0.296 e. The Kier molecular flexibility index (Phi) is 2.79. The fourth-order valence-electron chi connectivity index (χ4n) is 2.09. The lowest BCUT2D eigenvalue weighted by molar-refractivity contribution is 0.163. The third-order valence-electron chi connectivity index (χ3n) is 3.13. The van der Waals surface area contributed by atoms with E-state index in [-0.39, 0.29) is 0 Å². The molecular formula is C11H18N2. The van der Waals surface area contributed by atoms with Gasteiger partial charge >= 0.3 is 0 Å². The van der Waals surface area contributed by atoms with Crippen molar-refractivity contribution in [2.24, 2.45) is 10.9 Å². The highest BCUT2D eigenvalue weighted by Crippen LogP contribution is 2.20. The first-order chi connectivity index (χ1) is 6.36. The lowest BCUT2D eigenvalue weighted by atomic mass is 9.97. The molecule has 0 aliphatic carbocycles. The molecule has 0 saturated carbocycles. The zero-order valence-corrected chi connectivity index (χ0v) is 8.32. The molecule has 0 radical (unpaired) electrons. The highest BCUT2D eigenvalue weighted by Gasteiger charge is 2.21. The number of hydrogen-bond acceptors (Lipinski definition) is 2. The van der Waals surface area contributed by atoms with E-state index in [1.54, 1.807) is 0 Å². The number of hydrogen-bond donors (Lipinski definition) is 0. The Bertz CT molecular complexity index is 212. The number of nitrogens with zero attached hydrogens (tertiary/aromatic N) is 2. The van der Waals surface area contributed by atoms with Crippen LogP contribution in [0.1, 0.15) is 26.2 Å². The van der Waals surface area contributed by atoms with Crippen molar-refractivity contribution in [3.8, 4) is 0 Å². The van der Waals surface area contributed by atoms with Crippen LogP contribution < -0.4 is 0 Å². The maximum atomic E-state index is 4.10. The van der Waals surface area contributed by atoms with Crippen LogP contribution >= 0.6 is 0 Å². The Labute approximate surface area is 80.3 Å². The van der Waals surface area contributed by atoms with Crippen LogP contribution in [-0.4, -0.2) is 30.2 Å². The van der Waals surface area contributed by atoms with E-state index in [1.807, 2.05) is 12.4 Å². The second-order valence-electron chi connectivity index (χ2n) is 4.19. The molecule has 2 aliphatic heterocycles. The van der Waals surface area contributed by atoms with Crippen LogP contribution in [0.25, 0.3) is 0 Å². The van der Waals surface area contributed by atoms with Gasteiger partial charge in [-0.05, 0) is 37.9 Å². The van der Waals surface area contributed by atoms with Crippen LogP contribution in [-0.2, 0) is 0 Å². The van der Waals surface area contributed by atoms with Gasteiger partial charge in [0.05, 0.1) is 0 Å². The second kappa shape index (κ2) is 4.05. The summed E-state index contributed by atoms with van der Waals surface area (Å²) in [5.74, 6) is 0.928. The lowest BCUT2D eigenvalue weighted by Crippen LogP contribution is -2.40. The summed E-state index contributed by atoms with van der Waals surface area (Å²) < 4.78 is 0. The summed E-state index contributed by atoms with van der Waals surface area (Å²) in [6.45, 7) is 4.89. The van der Waals surface area contributed by atoms with Crippen molar-refractivity contribution in [2.75, 3.05) is 13.1 Å². The Balaban J connectivity index is 1.87. The molecule has 72 valence electrons. The van der Waals surface area contributed by atoms with Gasteiger partial charge in [0.2, 0.25) is 0 Å². The van der Waals surface area contributed by atoms with Gasteiger partial charge in [0.15, 0.2) is 0 Å². The molecule has 1 atom stereocenters. The number of piperidine rings is 1. The summed E-state index contributed by atoms with van der Waals surface area (Å²) in [7, 11) is 0. The van der Waals surface area contributed by atoms with E-state index in [1.165, 1.54) is 25.9 Å². The molecule has 1 saturated heterocycles. The molecule has 1 unspecified atom stereocenters. The summed E-state index contributed by atoms with van der Waals surface area (Å²) in [5.41, 5.74) is 0. The molecule has 2 rings (SSSR count). The van der Waals surface area contributed by atoms with E-state index >= 15 is 0 Å². The summed E-state index contributed by atoms with van der Waals surface area (Å²) in [6.07, 6.45) is 10.0. The average Bonchev–Trinajstić information content (AvgIpc) is 2.20. The van der Waals surface area contributed by atoms with Crippen LogP contribution in [0.3, 0.4) is 0 Å². The minimum absolute atomic E-state index is 0.630. The van der Waals surface area contributed by atoms with Crippen molar-refractivity contribution in [2.45, 2.75) is 32.2 Å². The van der Waals surface area contributed by atoms with Gasteiger partial charge in [-0.2, -0.15) is 0 Å². The van der Waals surface area contributed by atoms with E-state index in [0.29, 0.717) is 6.04 Å². The van der Waals surface area contributed by atoms with Crippen molar-refractivity contribution in [1.82, 2.24) is 4.90 Å². The fraction of sp³-hybridized carbons (Fsp3) is 0.727. The van der Waals surface area contributed by atoms with Crippen molar-refractivity contribution in [3.05, 3.63) is 12.3 Å². The van der Waals surface area contributed by atoms with Gasteiger partial charge in [-0.3, -0.25) is 9.89 Å². The van der Waals surface area contributed by atoms with Gasteiger partial charge in [0.1, 0.15) is 0 Å². The standard InChI is InChI=1S/C11H18N2/c1-10-4-8-13(9-5-10)11-2-6-12-7-3-11/h2,6-7,10-11H,3-5,8-9H2,1H3. The van der Waals surface area contributed by atoms with Gasteiger partial charge in [-0.25, -0.2) is 0 Å². The Hall–Kier alpha value is -0.630. The summed E-state index contributed by atoms with van der Waals surface area (Å²) in [5, 5.41) is 0. The van der Waals surface area contributed by atoms with Gasteiger partial charge in [-0.15, -0.1) is 0 Å². The Morgan fingerprint density at radius 3 is 2.69 bits per heavy atom. The second-order valence-corrected chi connectivity index (χ2v) is 4.19. The first-order valence-electron chi connectivity index (χ1n) is 5.28. The maximum absolute atomic E-state index is 4.10. The van der Waals surface area contributed by atoms with E-state index in [9.17, 15) is 0 Å². The van der Waals surface area contributed by atoms with Crippen molar-refractivity contribution >= 4 is 6.21 Å². The summed E-state index contributed by atoms with van der Waals surface area (Å²) in [4.78, 5) is 6.69. The first kappa shape index (κ1) is 8.95. The SMILES string of the molecule is CC1CCN(C2C=CN=CC2)CC1. The molecule has 0 bridgehead atoms. The highest BCUT2D eigenvalue weighted by molar-refractivity contribution is 5.60. The van der Waals surface area contributed by atoms with Gasteiger partial charge < -0.3 is 0 Å². The molecule has 0 amide bonds. The molecule has 1 fully saturated rings. The smallest absolute Gasteiger partial charge is 0.0345 e. The van der Waals surface area contributed by atoms with Gasteiger partial charge in [0, 0.05) is 24.9 Å². The molecular weight excluding hydrogens is 160 g/mol. The van der Waals surface area contributed by atoms with Crippen LogP contribution in [0.4, 0.5) is 0 Å². The van der Waals surface area contributed by atoms with Crippen molar-refractivity contribution in [1.29, 1.82) is 0 Å². The quantitative estimate of drug-likeness (QED) is 0.600. The monoisotopic (exact) mass is 178 g/mol. The normalized spacial score (nSPS) is 31.0. The number of likely N-dealkylation sites (tertiary alicyclic amines) is 1. The maximum Gasteiger partial charge on any atom is 0.0345 e. The van der Waals surface area contributed by atoms with Crippen LogP contribution in [0, 0.1) is 5.92 Å². The number of rotatable bonds is 1. The van der Waals surface area contributed by atoms with Crippen molar-refractivity contribution < 1.29 is 0 Å². The molecule has 0 aromatic rings. The molecule has 0 aromatic carbocycles. The van der Waals surface area contributed by atoms with Crippen LogP contribution in [0.15, 0.2) is 17.3 Å². The molecule has 2 heterocycles. The molecule has 2 aliphatic rings. The lowest BCUT2D eigenvalue weighted by Gasteiger charge is -2.35. The Morgan fingerprint density at radius 2 is 2.08 bits per heavy atom. The predicted molar refractivity (Wildman–Crippen MR) is 56.0 cm³/mol. The molecule has 0 aromatic heterocycles. The molecule has 2 nitrogen and oxygen atoms in total. The zero-order valence-electron chi connectivity index (χ0n) is 8.32. The zero-order chi connectivity index (χ0) is 9.10. The van der Waals surface area contributed by atoms with Crippen LogP contribution in [0.5, 0.6) is 0 Å². The van der Waals surface area contributed by atoms with E-state index in [2.05, 4.69) is 22.9 Å². The third kappa shape index (κ3) is 2.19. The van der Waals surface area contributed by atoms with Gasteiger partial charge in [0.25, 0.3) is 0 Å². The number of aliphatic imine (C=N–C) groups is 1. The van der Waals surface area contributed by atoms with Crippen molar-refractivity contribution in [3.63, 3.8) is 0 Å². The van der Waals surface area contributed by atoms with Crippen LogP contribution in [0.2, 0.25) is 0 Å². The first-order valence-corrected chi connectivity index (χ1v) is 5.28. The minimum atomic E-state index is 0.630. The molecule has 13 heavy (non-hydrogen) atoms. The van der Waals surface area contributed by atoms with E-state index in [0.717, 1.165) is 12.3 Å². The largest absolute Gasteiger partial charge is 0.296 e. The average molecular weight is 178 g/mol. The molecule has 0 N–H and O–H groups in total. The van der Waals surface area contributed by atoms with E-state index in [4.69, 9.17) is 0 Å². The summed E-state index contributed by atoms with van der Waals surface area (Å²) >= 11 is 0. The van der Waals surface area contributed by atoms with E-state index < -0.39 is 0 Å². The predicted octanol–water partition coefficient (Wildman–Crippen LogP) is 2.08. The van der Waals surface area contributed by atoms with Gasteiger partial charge in [-0.1, -0.05) is 6.92 Å². The highest BCUT2D eigenvalue weighted by atomic mass is 15.2. The molecule has 2 heteroatoms. The Morgan fingerprint density at radius 1 is 1.31 bits per heavy atom. The fourth-order valence-corrected chi connectivity index (χ4v) is 2.09. The summed E-state index contributed by atoms with van der Waals surface area (Å²) in [6, 6.07) is 0.630.